The molecule has 0 radical (unpaired) electrons. The van der Waals surface area contributed by atoms with Crippen molar-refractivity contribution >= 4 is 34.8 Å². The molecule has 0 spiro atoms. The molecule has 0 aromatic heterocycles. The van der Waals surface area contributed by atoms with Gasteiger partial charge in [0.15, 0.2) is 0 Å². The quantitative estimate of drug-likeness (QED) is 0.249. The summed E-state index contributed by atoms with van der Waals surface area (Å²) in [6.45, 7) is 1.62. The minimum atomic E-state index is -1.18. The minimum Gasteiger partial charge on any atom is -0.274 e. The SMILES string of the molecule is Cc1ccc(N2C(=O)[C@@H]3C4c5ccccc5C(Cl)(c5ccccc54)[C@H]3C2=O)cc1[N+](=O)[O-]. The fraction of sp³-hybridized carbons (Fsp3) is 0.200. The molecule has 4 aliphatic rings. The van der Waals surface area contributed by atoms with Crippen molar-refractivity contribution < 1.29 is 14.5 Å². The Hall–Kier alpha value is -3.51. The van der Waals surface area contributed by atoms with Crippen LogP contribution in [0.15, 0.2) is 66.7 Å². The molecule has 1 saturated heterocycles. The molecule has 1 heterocycles. The van der Waals surface area contributed by atoms with Gasteiger partial charge in [0, 0.05) is 17.5 Å². The third-order valence-electron chi connectivity index (χ3n) is 7.16. The Morgan fingerprint density at radius 2 is 1.53 bits per heavy atom. The highest BCUT2D eigenvalue weighted by atomic mass is 35.5. The van der Waals surface area contributed by atoms with E-state index >= 15 is 0 Å². The number of benzene rings is 3. The lowest BCUT2D eigenvalue weighted by atomic mass is 9.54. The molecule has 0 unspecified atom stereocenters. The van der Waals surface area contributed by atoms with Gasteiger partial charge < -0.3 is 0 Å². The van der Waals surface area contributed by atoms with Gasteiger partial charge in [-0.2, -0.15) is 0 Å². The second-order valence-corrected chi connectivity index (χ2v) is 9.20. The molecule has 6 nitrogen and oxygen atoms in total. The summed E-state index contributed by atoms with van der Waals surface area (Å²) in [5.41, 5.74) is 4.16. The first kappa shape index (κ1) is 19.2. The van der Waals surface area contributed by atoms with E-state index in [-0.39, 0.29) is 23.2 Å². The van der Waals surface area contributed by atoms with Crippen LogP contribution in [0.25, 0.3) is 0 Å². The Kier molecular flexibility index (Phi) is 3.76. The Labute approximate surface area is 188 Å². The molecule has 2 bridgehead atoms. The van der Waals surface area contributed by atoms with Crippen LogP contribution in [0, 0.1) is 28.9 Å². The third-order valence-corrected chi connectivity index (χ3v) is 7.80. The zero-order chi connectivity index (χ0) is 22.4. The largest absolute Gasteiger partial charge is 0.274 e. The van der Waals surface area contributed by atoms with Gasteiger partial charge in [0.2, 0.25) is 11.8 Å². The summed E-state index contributed by atoms with van der Waals surface area (Å²) in [7, 11) is 0. The molecule has 7 rings (SSSR count). The van der Waals surface area contributed by atoms with E-state index in [9.17, 15) is 19.7 Å². The van der Waals surface area contributed by atoms with Crippen LogP contribution in [0.4, 0.5) is 11.4 Å². The molecule has 0 saturated carbocycles. The number of halogens is 1. The maximum absolute atomic E-state index is 13.8. The van der Waals surface area contributed by atoms with E-state index in [2.05, 4.69) is 0 Å². The first-order valence-electron chi connectivity index (χ1n) is 10.4. The topological polar surface area (TPSA) is 80.5 Å². The summed E-state index contributed by atoms with van der Waals surface area (Å²) in [5.74, 6) is -2.52. The van der Waals surface area contributed by atoms with Crippen LogP contribution < -0.4 is 4.90 Å². The van der Waals surface area contributed by atoms with Crippen LogP contribution in [0.1, 0.15) is 33.7 Å². The summed E-state index contributed by atoms with van der Waals surface area (Å²) < 4.78 is 0. The van der Waals surface area contributed by atoms with E-state index in [0.717, 1.165) is 27.2 Å². The standard InChI is InChI=1S/C25H17ClN2O4/c1-13-10-11-14(12-19(13)28(31)32)27-23(29)21-20-15-6-2-4-8-17(15)25(26,22(21)24(27)30)18-9-5-3-7-16(18)20/h2-12,20-22H,1H3/t20?,21-,22-,25?/m1/s1. The second-order valence-electron chi connectivity index (χ2n) is 8.61. The minimum absolute atomic E-state index is 0.131. The number of hydrogen-bond donors (Lipinski definition) is 0. The number of anilines is 1. The highest BCUT2D eigenvalue weighted by molar-refractivity contribution is 6.33. The zero-order valence-corrected chi connectivity index (χ0v) is 17.7. The highest BCUT2D eigenvalue weighted by Crippen LogP contribution is 2.65. The number of nitro groups is 1. The van der Waals surface area contributed by atoms with Crippen molar-refractivity contribution in [2.24, 2.45) is 11.8 Å². The lowest BCUT2D eigenvalue weighted by Gasteiger charge is -2.50. The number of amides is 2. The molecule has 3 aromatic rings. The summed E-state index contributed by atoms with van der Waals surface area (Å²) >= 11 is 7.37. The highest BCUT2D eigenvalue weighted by Gasteiger charge is 2.68. The fourth-order valence-corrected chi connectivity index (χ4v) is 6.44. The van der Waals surface area contributed by atoms with Crippen LogP contribution in [-0.2, 0) is 14.5 Å². The van der Waals surface area contributed by atoms with Crippen molar-refractivity contribution in [2.75, 3.05) is 4.90 Å². The lowest BCUT2D eigenvalue weighted by Crippen LogP contribution is -2.50. The third kappa shape index (κ3) is 2.15. The second kappa shape index (κ2) is 6.26. The number of rotatable bonds is 2. The molecule has 158 valence electrons. The van der Waals surface area contributed by atoms with Crippen molar-refractivity contribution in [1.82, 2.24) is 0 Å². The first-order chi connectivity index (χ1) is 15.4. The van der Waals surface area contributed by atoms with Crippen molar-refractivity contribution in [3.8, 4) is 0 Å². The zero-order valence-electron chi connectivity index (χ0n) is 17.0. The fourth-order valence-electron chi connectivity index (χ4n) is 5.87. The Morgan fingerprint density at radius 1 is 0.938 bits per heavy atom. The predicted molar refractivity (Wildman–Crippen MR) is 119 cm³/mol. The molecular formula is C25H17ClN2O4. The molecule has 2 amide bonds. The van der Waals surface area contributed by atoms with Gasteiger partial charge in [0.25, 0.3) is 5.69 Å². The smallest absolute Gasteiger partial charge is 0.274 e. The van der Waals surface area contributed by atoms with Crippen molar-refractivity contribution in [1.29, 1.82) is 0 Å². The van der Waals surface area contributed by atoms with Gasteiger partial charge in [-0.05, 0) is 35.2 Å². The van der Waals surface area contributed by atoms with Crippen LogP contribution >= 0.6 is 11.6 Å². The van der Waals surface area contributed by atoms with E-state index in [1.54, 1.807) is 19.1 Å². The Balaban J connectivity index is 1.58. The molecule has 0 N–H and O–H groups in total. The number of nitro benzene ring substituents is 1. The van der Waals surface area contributed by atoms with Crippen molar-refractivity contribution in [3.63, 3.8) is 0 Å². The monoisotopic (exact) mass is 444 g/mol. The van der Waals surface area contributed by atoms with Gasteiger partial charge in [-0.15, -0.1) is 11.6 Å². The Morgan fingerprint density at radius 3 is 2.12 bits per heavy atom. The molecular weight excluding hydrogens is 428 g/mol. The van der Waals surface area contributed by atoms with Crippen molar-refractivity contribution in [3.05, 3.63) is 105 Å². The van der Waals surface area contributed by atoms with E-state index in [0.29, 0.717) is 5.56 Å². The summed E-state index contributed by atoms with van der Waals surface area (Å²) in [6, 6.07) is 19.9. The number of nitrogens with zero attached hydrogens (tertiary/aromatic N) is 2. The average molecular weight is 445 g/mol. The van der Waals surface area contributed by atoms with Crippen LogP contribution in [0.5, 0.6) is 0 Å². The number of hydrogen-bond acceptors (Lipinski definition) is 4. The molecule has 32 heavy (non-hydrogen) atoms. The molecule has 3 aromatic carbocycles. The normalized spacial score (nSPS) is 27.2. The maximum Gasteiger partial charge on any atom is 0.274 e. The molecule has 2 atom stereocenters. The van der Waals surface area contributed by atoms with E-state index in [1.807, 2.05) is 48.5 Å². The number of imide groups is 1. The molecule has 1 fully saturated rings. The summed E-state index contributed by atoms with van der Waals surface area (Å²) in [5, 5.41) is 11.5. The number of carbonyl (C=O) groups is 2. The lowest BCUT2D eigenvalue weighted by molar-refractivity contribution is -0.385. The maximum atomic E-state index is 13.8. The van der Waals surface area contributed by atoms with Crippen LogP contribution in [-0.4, -0.2) is 16.7 Å². The van der Waals surface area contributed by atoms with Gasteiger partial charge in [-0.3, -0.25) is 19.7 Å². The average Bonchev–Trinajstić information content (AvgIpc) is 3.06. The molecule has 1 aliphatic heterocycles. The van der Waals surface area contributed by atoms with E-state index in [1.165, 1.54) is 6.07 Å². The van der Waals surface area contributed by atoms with Crippen LogP contribution in [0.3, 0.4) is 0 Å². The van der Waals surface area contributed by atoms with Gasteiger partial charge in [0.1, 0.15) is 4.87 Å². The molecule has 7 heteroatoms. The van der Waals surface area contributed by atoms with Gasteiger partial charge in [-0.25, -0.2) is 4.90 Å². The number of alkyl halides is 1. The van der Waals surface area contributed by atoms with E-state index in [4.69, 9.17) is 11.6 Å². The predicted octanol–water partition coefficient (Wildman–Crippen LogP) is 4.65. The first-order valence-corrected chi connectivity index (χ1v) is 10.7. The van der Waals surface area contributed by atoms with E-state index < -0.39 is 27.5 Å². The van der Waals surface area contributed by atoms with Gasteiger partial charge in [-0.1, -0.05) is 54.6 Å². The Bertz CT molecular complexity index is 1320. The number of carbonyl (C=O) groups excluding carboxylic acids is 2. The van der Waals surface area contributed by atoms with Crippen LogP contribution in [0.2, 0.25) is 0 Å². The number of aryl methyl sites for hydroxylation is 1. The molecule has 3 aliphatic carbocycles. The van der Waals surface area contributed by atoms with Crippen molar-refractivity contribution in [2.45, 2.75) is 17.7 Å². The van der Waals surface area contributed by atoms with Gasteiger partial charge >= 0.3 is 0 Å². The summed E-state index contributed by atoms with van der Waals surface area (Å²) in [6.07, 6.45) is 0. The van der Waals surface area contributed by atoms with Gasteiger partial charge in [0.05, 0.1) is 22.4 Å². The summed E-state index contributed by atoms with van der Waals surface area (Å²) in [4.78, 5) is 38.4.